The lowest BCUT2D eigenvalue weighted by molar-refractivity contribution is 0.584. The zero-order valence-corrected chi connectivity index (χ0v) is 9.01. The van der Waals surface area contributed by atoms with Crippen molar-refractivity contribution in [1.82, 2.24) is 0 Å². The summed E-state index contributed by atoms with van der Waals surface area (Å²) in [5, 5.41) is 4.22. The van der Waals surface area contributed by atoms with Crippen molar-refractivity contribution in [2.24, 2.45) is 5.73 Å². The normalized spacial score (nSPS) is 21.5. The molecule has 2 nitrogen and oxygen atoms in total. The fraction of sp³-hybridized carbons (Fsp3) is 0.455. The molecular weight excluding hydrogens is 196 g/mol. The summed E-state index contributed by atoms with van der Waals surface area (Å²) in [6, 6.07) is 6.22. The molecule has 14 heavy (non-hydrogen) atoms. The van der Waals surface area contributed by atoms with Gasteiger partial charge < -0.3 is 11.1 Å². The molecule has 0 aliphatic carbocycles. The van der Waals surface area contributed by atoms with Crippen molar-refractivity contribution < 1.29 is 0 Å². The van der Waals surface area contributed by atoms with Crippen LogP contribution in [0.1, 0.15) is 24.8 Å². The molecule has 0 radical (unpaired) electrons. The SMILES string of the molecule is CC(N)CC1CNc2cccc(Cl)c21. The summed E-state index contributed by atoms with van der Waals surface area (Å²) in [6.07, 6.45) is 0.990. The van der Waals surface area contributed by atoms with Crippen LogP contribution in [0.3, 0.4) is 0 Å². The third-order valence-corrected chi connectivity index (χ3v) is 2.99. The topological polar surface area (TPSA) is 38.0 Å². The van der Waals surface area contributed by atoms with Crippen LogP contribution in [0.4, 0.5) is 5.69 Å². The zero-order valence-electron chi connectivity index (χ0n) is 8.26. The molecule has 0 bridgehead atoms. The first-order valence-corrected chi connectivity index (χ1v) is 5.34. The summed E-state index contributed by atoms with van der Waals surface area (Å²) in [6.45, 7) is 3.00. The predicted octanol–water partition coefficient (Wildman–Crippen LogP) is 2.59. The first-order valence-electron chi connectivity index (χ1n) is 4.96. The Kier molecular flexibility index (Phi) is 2.66. The molecular formula is C11H15ClN2. The van der Waals surface area contributed by atoms with Crippen molar-refractivity contribution in [1.29, 1.82) is 0 Å². The lowest BCUT2D eigenvalue weighted by atomic mass is 9.95. The van der Waals surface area contributed by atoms with E-state index in [4.69, 9.17) is 17.3 Å². The van der Waals surface area contributed by atoms with E-state index in [1.807, 2.05) is 19.1 Å². The van der Waals surface area contributed by atoms with Gasteiger partial charge in [0.15, 0.2) is 0 Å². The number of nitrogens with one attached hydrogen (secondary N) is 1. The third kappa shape index (κ3) is 1.72. The van der Waals surface area contributed by atoms with Crippen molar-refractivity contribution in [2.45, 2.75) is 25.3 Å². The lowest BCUT2D eigenvalue weighted by Gasteiger charge is -2.13. The monoisotopic (exact) mass is 210 g/mol. The maximum Gasteiger partial charge on any atom is 0.0462 e. The number of anilines is 1. The first-order chi connectivity index (χ1) is 6.68. The van der Waals surface area contributed by atoms with E-state index in [0.29, 0.717) is 5.92 Å². The van der Waals surface area contributed by atoms with Crippen LogP contribution < -0.4 is 11.1 Å². The van der Waals surface area contributed by atoms with Crippen molar-refractivity contribution in [3.63, 3.8) is 0 Å². The molecule has 0 saturated heterocycles. The van der Waals surface area contributed by atoms with E-state index in [1.165, 1.54) is 11.3 Å². The van der Waals surface area contributed by atoms with E-state index in [1.54, 1.807) is 0 Å². The van der Waals surface area contributed by atoms with Crippen LogP contribution in [-0.2, 0) is 0 Å². The van der Waals surface area contributed by atoms with Crippen LogP contribution in [0.2, 0.25) is 5.02 Å². The van der Waals surface area contributed by atoms with Crippen molar-refractivity contribution in [3.8, 4) is 0 Å². The fourth-order valence-corrected chi connectivity index (χ4v) is 2.42. The van der Waals surface area contributed by atoms with Gasteiger partial charge in [-0.15, -0.1) is 0 Å². The molecule has 1 aliphatic rings. The molecule has 0 amide bonds. The van der Waals surface area contributed by atoms with E-state index in [0.717, 1.165) is 18.0 Å². The summed E-state index contributed by atoms with van der Waals surface area (Å²) >= 11 is 6.17. The lowest BCUT2D eigenvalue weighted by Crippen LogP contribution is -2.19. The Morgan fingerprint density at radius 3 is 3.14 bits per heavy atom. The third-order valence-electron chi connectivity index (χ3n) is 2.66. The van der Waals surface area contributed by atoms with E-state index >= 15 is 0 Å². The molecule has 1 heterocycles. The number of fused-ring (bicyclic) bond motifs is 1. The summed E-state index contributed by atoms with van der Waals surface area (Å²) in [5.74, 6) is 0.471. The molecule has 0 fully saturated rings. The van der Waals surface area contributed by atoms with Gasteiger partial charge in [-0.1, -0.05) is 17.7 Å². The van der Waals surface area contributed by atoms with Gasteiger partial charge in [0, 0.05) is 29.2 Å². The molecule has 3 N–H and O–H groups in total. The van der Waals surface area contributed by atoms with Crippen molar-refractivity contribution in [3.05, 3.63) is 28.8 Å². The minimum absolute atomic E-state index is 0.226. The van der Waals surface area contributed by atoms with E-state index < -0.39 is 0 Å². The van der Waals surface area contributed by atoms with Gasteiger partial charge in [-0.2, -0.15) is 0 Å². The average molecular weight is 211 g/mol. The van der Waals surface area contributed by atoms with Crippen LogP contribution in [0.5, 0.6) is 0 Å². The molecule has 2 atom stereocenters. The maximum absolute atomic E-state index is 6.17. The molecule has 76 valence electrons. The standard InChI is InChI=1S/C11H15ClN2/c1-7(13)5-8-6-14-10-4-2-3-9(12)11(8)10/h2-4,7-8,14H,5-6,13H2,1H3. The summed E-state index contributed by atoms with van der Waals surface area (Å²) in [5.41, 5.74) is 8.22. The minimum Gasteiger partial charge on any atom is -0.384 e. The second-order valence-electron chi connectivity index (χ2n) is 3.99. The number of benzene rings is 1. The van der Waals surface area contributed by atoms with Gasteiger partial charge in [0.05, 0.1) is 0 Å². The van der Waals surface area contributed by atoms with E-state index in [9.17, 15) is 0 Å². The Morgan fingerprint density at radius 2 is 2.43 bits per heavy atom. The van der Waals surface area contributed by atoms with Gasteiger partial charge in [0.25, 0.3) is 0 Å². The fourth-order valence-electron chi connectivity index (χ4n) is 2.09. The average Bonchev–Trinajstić information content (AvgIpc) is 2.49. The highest BCUT2D eigenvalue weighted by Gasteiger charge is 2.24. The molecule has 1 aliphatic heterocycles. The van der Waals surface area contributed by atoms with Crippen LogP contribution in [0, 0.1) is 0 Å². The highest BCUT2D eigenvalue weighted by atomic mass is 35.5. The number of rotatable bonds is 2. The van der Waals surface area contributed by atoms with Gasteiger partial charge in [-0.3, -0.25) is 0 Å². The first kappa shape index (κ1) is 9.81. The quantitative estimate of drug-likeness (QED) is 0.788. The Bertz CT molecular complexity index is 336. The summed E-state index contributed by atoms with van der Waals surface area (Å²) in [7, 11) is 0. The Balaban J connectivity index is 2.29. The Hall–Kier alpha value is -0.730. The summed E-state index contributed by atoms with van der Waals surface area (Å²) < 4.78 is 0. The van der Waals surface area contributed by atoms with Crippen molar-refractivity contribution >= 4 is 17.3 Å². The molecule has 3 heteroatoms. The number of hydrogen-bond donors (Lipinski definition) is 2. The smallest absolute Gasteiger partial charge is 0.0462 e. The molecule has 1 aromatic rings. The molecule has 0 aromatic heterocycles. The van der Waals surface area contributed by atoms with Gasteiger partial charge in [0.2, 0.25) is 0 Å². The largest absolute Gasteiger partial charge is 0.384 e. The van der Waals surface area contributed by atoms with Gasteiger partial charge in [-0.25, -0.2) is 0 Å². The zero-order chi connectivity index (χ0) is 10.1. The molecule has 2 unspecified atom stereocenters. The number of nitrogens with two attached hydrogens (primary N) is 1. The van der Waals surface area contributed by atoms with Gasteiger partial charge in [0.1, 0.15) is 0 Å². The van der Waals surface area contributed by atoms with Crippen LogP contribution in [-0.4, -0.2) is 12.6 Å². The predicted molar refractivity (Wildman–Crippen MR) is 60.9 cm³/mol. The van der Waals surface area contributed by atoms with Gasteiger partial charge in [-0.05, 0) is 31.0 Å². The Morgan fingerprint density at radius 1 is 1.64 bits per heavy atom. The van der Waals surface area contributed by atoms with Crippen LogP contribution in [0.15, 0.2) is 18.2 Å². The highest BCUT2D eigenvalue weighted by Crippen LogP contribution is 2.38. The van der Waals surface area contributed by atoms with Gasteiger partial charge >= 0.3 is 0 Å². The van der Waals surface area contributed by atoms with Crippen LogP contribution >= 0.6 is 11.6 Å². The molecule has 0 saturated carbocycles. The second kappa shape index (κ2) is 3.79. The van der Waals surface area contributed by atoms with E-state index in [2.05, 4.69) is 11.4 Å². The molecule has 2 rings (SSSR count). The van der Waals surface area contributed by atoms with Crippen LogP contribution in [0.25, 0.3) is 0 Å². The van der Waals surface area contributed by atoms with E-state index in [-0.39, 0.29) is 6.04 Å². The summed E-state index contributed by atoms with van der Waals surface area (Å²) in [4.78, 5) is 0. The highest BCUT2D eigenvalue weighted by molar-refractivity contribution is 6.31. The number of hydrogen-bond acceptors (Lipinski definition) is 2. The minimum atomic E-state index is 0.226. The molecule has 0 spiro atoms. The Labute approximate surface area is 89.4 Å². The maximum atomic E-state index is 6.17. The number of halogens is 1. The second-order valence-corrected chi connectivity index (χ2v) is 4.40. The van der Waals surface area contributed by atoms with Crippen molar-refractivity contribution in [2.75, 3.05) is 11.9 Å². The molecule has 1 aromatic carbocycles.